The molecule has 0 saturated heterocycles. The van der Waals surface area contributed by atoms with Crippen molar-refractivity contribution in [3.63, 3.8) is 0 Å². The fourth-order valence-electron chi connectivity index (χ4n) is 1.15. The third-order valence-electron chi connectivity index (χ3n) is 2.27. The van der Waals surface area contributed by atoms with Crippen molar-refractivity contribution >= 4 is 35.0 Å². The van der Waals surface area contributed by atoms with Crippen LogP contribution in [0.4, 0.5) is 0 Å². The van der Waals surface area contributed by atoms with Crippen molar-refractivity contribution in [3.05, 3.63) is 16.1 Å². The Kier molecular flexibility index (Phi) is 6.26. The number of hydrogen-bond donors (Lipinski definition) is 2. The van der Waals surface area contributed by atoms with Gasteiger partial charge in [-0.25, -0.2) is 4.98 Å². The van der Waals surface area contributed by atoms with Crippen molar-refractivity contribution in [3.8, 4) is 0 Å². The first-order valence-corrected chi connectivity index (χ1v) is 7.63. The summed E-state index contributed by atoms with van der Waals surface area (Å²) < 4.78 is 0. The number of carbonyl (C=O) groups is 2. The molecule has 0 aromatic carbocycles. The number of nitrogens with two attached hydrogens (primary N) is 1. The van der Waals surface area contributed by atoms with Gasteiger partial charge in [0.15, 0.2) is 0 Å². The number of hydrogen-bond acceptors (Lipinski definition) is 6. The molecule has 1 heterocycles. The lowest BCUT2D eigenvalue weighted by Gasteiger charge is -2.07. The first-order chi connectivity index (χ1) is 8.90. The Labute approximate surface area is 120 Å². The first-order valence-electron chi connectivity index (χ1n) is 5.59. The number of aromatic nitrogens is 1. The van der Waals surface area contributed by atoms with Crippen molar-refractivity contribution in [2.24, 2.45) is 5.73 Å². The number of carbonyl (C=O) groups excluding carboxylic acids is 1. The average molecular weight is 303 g/mol. The Morgan fingerprint density at radius 1 is 1.58 bits per heavy atom. The summed E-state index contributed by atoms with van der Waals surface area (Å²) in [7, 11) is 3.42. The molecule has 8 heteroatoms. The van der Waals surface area contributed by atoms with Crippen LogP contribution in [-0.2, 0) is 21.8 Å². The third kappa shape index (κ3) is 5.58. The lowest BCUT2D eigenvalue weighted by molar-refractivity contribution is -0.138. The van der Waals surface area contributed by atoms with E-state index in [9.17, 15) is 9.59 Å². The standard InChI is InChI=1S/C11H17N3O3S2/c1-14(2)10(15)3-9-13-7(5-19-9)4-18-6-8(12)11(16)17/h5,8H,3-4,6,12H2,1-2H3,(H,16,17). The first kappa shape index (κ1) is 15.9. The molecule has 0 fully saturated rings. The molecule has 0 saturated carbocycles. The van der Waals surface area contributed by atoms with E-state index >= 15 is 0 Å². The third-order valence-corrected chi connectivity index (χ3v) is 4.26. The molecule has 19 heavy (non-hydrogen) atoms. The van der Waals surface area contributed by atoms with Gasteiger partial charge in [0.1, 0.15) is 11.0 Å². The van der Waals surface area contributed by atoms with Gasteiger partial charge in [-0.05, 0) is 0 Å². The highest BCUT2D eigenvalue weighted by Gasteiger charge is 2.12. The van der Waals surface area contributed by atoms with Crippen LogP contribution in [0.1, 0.15) is 10.7 Å². The van der Waals surface area contributed by atoms with E-state index in [-0.39, 0.29) is 5.91 Å². The molecule has 0 spiro atoms. The average Bonchev–Trinajstić information content (AvgIpc) is 2.76. The van der Waals surface area contributed by atoms with Gasteiger partial charge in [0.05, 0.1) is 12.1 Å². The molecule has 0 aliphatic heterocycles. The summed E-state index contributed by atoms with van der Waals surface area (Å²) in [6.45, 7) is 0. The number of carboxylic acid groups (broad SMARTS) is 1. The minimum Gasteiger partial charge on any atom is -0.480 e. The van der Waals surface area contributed by atoms with E-state index in [4.69, 9.17) is 10.8 Å². The Morgan fingerprint density at radius 2 is 2.26 bits per heavy atom. The number of rotatable bonds is 7. The summed E-state index contributed by atoms with van der Waals surface area (Å²) in [5.41, 5.74) is 6.25. The quantitative estimate of drug-likeness (QED) is 0.758. The van der Waals surface area contributed by atoms with E-state index in [0.717, 1.165) is 10.7 Å². The van der Waals surface area contributed by atoms with Gasteiger partial charge >= 0.3 is 5.97 Å². The maximum absolute atomic E-state index is 11.5. The van der Waals surface area contributed by atoms with Crippen molar-refractivity contribution in [1.29, 1.82) is 0 Å². The predicted molar refractivity (Wildman–Crippen MR) is 76.3 cm³/mol. The van der Waals surface area contributed by atoms with Gasteiger partial charge in [0, 0.05) is 31.0 Å². The zero-order chi connectivity index (χ0) is 14.4. The molecule has 106 valence electrons. The summed E-state index contributed by atoms with van der Waals surface area (Å²) in [6.07, 6.45) is 0.303. The minimum atomic E-state index is -0.997. The number of nitrogens with zero attached hydrogens (tertiary/aromatic N) is 2. The van der Waals surface area contributed by atoms with Crippen LogP contribution in [0.5, 0.6) is 0 Å². The van der Waals surface area contributed by atoms with Crippen LogP contribution in [0.25, 0.3) is 0 Å². The number of amides is 1. The second-order valence-corrected chi connectivity index (χ2v) is 6.13. The molecule has 1 aromatic rings. The predicted octanol–water partition coefficient (Wildman–Crippen LogP) is 0.419. The Balaban J connectivity index is 2.39. The Hall–Kier alpha value is -1.12. The molecular formula is C11H17N3O3S2. The van der Waals surface area contributed by atoms with Crippen molar-refractivity contribution in [2.75, 3.05) is 19.8 Å². The summed E-state index contributed by atoms with van der Waals surface area (Å²) in [4.78, 5) is 27.9. The van der Waals surface area contributed by atoms with Gasteiger partial charge in [-0.3, -0.25) is 9.59 Å². The molecule has 1 rings (SSSR count). The van der Waals surface area contributed by atoms with Crippen LogP contribution in [0, 0.1) is 0 Å². The van der Waals surface area contributed by atoms with E-state index in [1.807, 2.05) is 5.38 Å². The summed E-state index contributed by atoms with van der Waals surface area (Å²) in [6, 6.07) is -0.849. The minimum absolute atomic E-state index is 0.0152. The molecule has 1 unspecified atom stereocenters. The van der Waals surface area contributed by atoms with Gasteiger partial charge in [-0.2, -0.15) is 11.8 Å². The highest BCUT2D eigenvalue weighted by Crippen LogP contribution is 2.17. The number of thioether (sulfide) groups is 1. The van der Waals surface area contributed by atoms with Crippen LogP contribution in [0.15, 0.2) is 5.38 Å². The van der Waals surface area contributed by atoms with E-state index < -0.39 is 12.0 Å². The fraction of sp³-hybridized carbons (Fsp3) is 0.545. The molecular weight excluding hydrogens is 286 g/mol. The summed E-state index contributed by atoms with van der Waals surface area (Å²) >= 11 is 2.87. The Morgan fingerprint density at radius 3 is 2.84 bits per heavy atom. The van der Waals surface area contributed by atoms with Gasteiger partial charge in [-0.15, -0.1) is 11.3 Å². The molecule has 1 amide bonds. The molecule has 0 aliphatic carbocycles. The summed E-state index contributed by atoms with van der Waals surface area (Å²) in [5, 5.41) is 11.3. The zero-order valence-electron chi connectivity index (χ0n) is 10.8. The van der Waals surface area contributed by atoms with E-state index in [1.165, 1.54) is 28.0 Å². The topological polar surface area (TPSA) is 96.5 Å². The van der Waals surface area contributed by atoms with Gasteiger partial charge < -0.3 is 15.7 Å². The normalized spacial score (nSPS) is 12.2. The molecule has 0 bridgehead atoms. The molecule has 6 nitrogen and oxygen atoms in total. The zero-order valence-corrected chi connectivity index (χ0v) is 12.5. The molecule has 0 aliphatic rings. The van der Waals surface area contributed by atoms with Crippen LogP contribution in [0.3, 0.4) is 0 Å². The maximum atomic E-state index is 11.5. The van der Waals surface area contributed by atoms with Crippen LogP contribution in [-0.4, -0.2) is 52.8 Å². The van der Waals surface area contributed by atoms with Gasteiger partial charge in [-0.1, -0.05) is 0 Å². The number of thiazole rings is 1. The SMILES string of the molecule is CN(C)C(=O)Cc1nc(CSCC(N)C(=O)O)cs1. The van der Waals surface area contributed by atoms with Crippen LogP contribution in [0.2, 0.25) is 0 Å². The smallest absolute Gasteiger partial charge is 0.321 e. The highest BCUT2D eigenvalue weighted by atomic mass is 32.2. The monoisotopic (exact) mass is 303 g/mol. The summed E-state index contributed by atoms with van der Waals surface area (Å²) in [5.74, 6) is -0.0311. The van der Waals surface area contributed by atoms with Crippen molar-refractivity contribution in [1.82, 2.24) is 9.88 Å². The molecule has 3 N–H and O–H groups in total. The maximum Gasteiger partial charge on any atom is 0.321 e. The van der Waals surface area contributed by atoms with Crippen molar-refractivity contribution < 1.29 is 14.7 Å². The Bertz CT molecular complexity index is 448. The van der Waals surface area contributed by atoms with E-state index in [0.29, 0.717) is 17.9 Å². The van der Waals surface area contributed by atoms with Gasteiger partial charge in [0.2, 0.25) is 5.91 Å². The largest absolute Gasteiger partial charge is 0.480 e. The van der Waals surface area contributed by atoms with Gasteiger partial charge in [0.25, 0.3) is 0 Å². The number of aliphatic carboxylic acids is 1. The van der Waals surface area contributed by atoms with Crippen LogP contribution < -0.4 is 5.73 Å². The number of carboxylic acids is 1. The highest BCUT2D eigenvalue weighted by molar-refractivity contribution is 7.98. The second-order valence-electron chi connectivity index (χ2n) is 4.16. The van der Waals surface area contributed by atoms with Crippen LogP contribution >= 0.6 is 23.1 Å². The van der Waals surface area contributed by atoms with E-state index in [2.05, 4.69) is 4.98 Å². The fourth-order valence-corrected chi connectivity index (χ4v) is 2.91. The lowest BCUT2D eigenvalue weighted by Crippen LogP contribution is -2.32. The number of likely N-dealkylation sites (N-methyl/N-ethyl adjacent to an activating group) is 1. The molecule has 0 radical (unpaired) electrons. The molecule has 1 aromatic heterocycles. The molecule has 1 atom stereocenters. The van der Waals surface area contributed by atoms with E-state index in [1.54, 1.807) is 14.1 Å². The van der Waals surface area contributed by atoms with Crippen molar-refractivity contribution in [2.45, 2.75) is 18.2 Å². The lowest BCUT2D eigenvalue weighted by atomic mass is 10.4. The second kappa shape index (κ2) is 7.46.